The lowest BCUT2D eigenvalue weighted by Crippen LogP contribution is -2.05. The molecule has 0 fully saturated rings. The number of carbonyl (C=O) groups is 1. The molecule has 15 heavy (non-hydrogen) atoms. The van der Waals surface area contributed by atoms with Crippen LogP contribution in [0.5, 0.6) is 0 Å². The molecule has 0 spiro atoms. The zero-order valence-corrected chi connectivity index (χ0v) is 10.0. The van der Waals surface area contributed by atoms with Gasteiger partial charge in [-0.2, -0.15) is 11.8 Å². The van der Waals surface area contributed by atoms with Crippen LogP contribution in [0.2, 0.25) is 5.02 Å². The number of benzene rings is 1. The Bertz CT molecular complexity index is 341. The van der Waals surface area contributed by atoms with Gasteiger partial charge in [0.25, 0.3) is 0 Å². The second-order valence-electron chi connectivity index (χ2n) is 3.35. The van der Waals surface area contributed by atoms with Gasteiger partial charge < -0.3 is 5.11 Å². The van der Waals surface area contributed by atoms with E-state index in [4.69, 9.17) is 16.7 Å². The summed E-state index contributed by atoms with van der Waals surface area (Å²) >= 11 is 7.47. The second-order valence-corrected chi connectivity index (χ2v) is 5.21. The second kappa shape index (κ2) is 6.03. The van der Waals surface area contributed by atoms with Crippen LogP contribution in [-0.4, -0.2) is 16.3 Å². The highest BCUT2D eigenvalue weighted by molar-refractivity contribution is 7.99. The number of rotatable bonds is 5. The van der Waals surface area contributed by atoms with Crippen LogP contribution < -0.4 is 0 Å². The van der Waals surface area contributed by atoms with Crippen molar-refractivity contribution in [2.45, 2.75) is 24.3 Å². The molecule has 1 aromatic carbocycles. The molecular formula is C11H13ClO2S. The average Bonchev–Trinajstić information content (AvgIpc) is 2.14. The monoisotopic (exact) mass is 244 g/mol. The molecule has 0 bridgehead atoms. The van der Waals surface area contributed by atoms with Gasteiger partial charge in [-0.3, -0.25) is 4.79 Å². The maximum absolute atomic E-state index is 10.4. The van der Waals surface area contributed by atoms with Crippen LogP contribution in [-0.2, 0) is 10.5 Å². The number of hydrogen-bond acceptors (Lipinski definition) is 2. The summed E-state index contributed by atoms with van der Waals surface area (Å²) in [7, 11) is 0. The Kier molecular flexibility index (Phi) is 4.99. The Hall–Kier alpha value is -0.670. The molecule has 2 nitrogen and oxygen atoms in total. The van der Waals surface area contributed by atoms with Crippen LogP contribution in [0.1, 0.15) is 18.9 Å². The van der Waals surface area contributed by atoms with Gasteiger partial charge in [-0.05, 0) is 17.7 Å². The molecule has 0 aliphatic carbocycles. The average molecular weight is 245 g/mol. The first-order chi connectivity index (χ1) is 7.08. The molecule has 0 aliphatic rings. The number of hydrogen-bond donors (Lipinski definition) is 1. The van der Waals surface area contributed by atoms with Gasteiger partial charge in [0.05, 0.1) is 6.42 Å². The van der Waals surface area contributed by atoms with E-state index in [1.54, 1.807) is 11.8 Å². The van der Waals surface area contributed by atoms with Crippen molar-refractivity contribution in [3.8, 4) is 0 Å². The van der Waals surface area contributed by atoms with E-state index in [9.17, 15) is 4.79 Å². The van der Waals surface area contributed by atoms with Crippen LogP contribution in [0.15, 0.2) is 24.3 Å². The Morgan fingerprint density at radius 1 is 1.60 bits per heavy atom. The Labute approximate surface area is 98.6 Å². The minimum absolute atomic E-state index is 0.126. The smallest absolute Gasteiger partial charge is 0.304 e. The minimum Gasteiger partial charge on any atom is -0.481 e. The minimum atomic E-state index is -0.749. The van der Waals surface area contributed by atoms with Crippen LogP contribution in [0.3, 0.4) is 0 Å². The highest BCUT2D eigenvalue weighted by atomic mass is 35.5. The molecule has 0 aromatic heterocycles. The summed E-state index contributed by atoms with van der Waals surface area (Å²) in [6.07, 6.45) is 0.200. The van der Waals surface area contributed by atoms with Crippen molar-refractivity contribution in [1.29, 1.82) is 0 Å². The molecule has 1 rings (SSSR count). The first-order valence-electron chi connectivity index (χ1n) is 4.66. The lowest BCUT2D eigenvalue weighted by atomic mass is 10.2. The lowest BCUT2D eigenvalue weighted by molar-refractivity contribution is -0.136. The largest absolute Gasteiger partial charge is 0.481 e. The molecule has 4 heteroatoms. The van der Waals surface area contributed by atoms with Gasteiger partial charge in [0.2, 0.25) is 0 Å². The van der Waals surface area contributed by atoms with E-state index < -0.39 is 5.97 Å². The summed E-state index contributed by atoms with van der Waals surface area (Å²) in [4.78, 5) is 10.4. The predicted octanol–water partition coefficient (Wildman–Crippen LogP) is 3.44. The molecule has 1 N–H and O–H groups in total. The van der Waals surface area contributed by atoms with E-state index in [-0.39, 0.29) is 11.7 Å². The highest BCUT2D eigenvalue weighted by Gasteiger charge is 2.07. The molecule has 1 unspecified atom stereocenters. The van der Waals surface area contributed by atoms with Crippen molar-refractivity contribution < 1.29 is 9.90 Å². The SMILES string of the molecule is CC(CC(=O)O)SCc1cccc(Cl)c1. The normalized spacial score (nSPS) is 12.4. The van der Waals surface area contributed by atoms with Gasteiger partial charge in [-0.25, -0.2) is 0 Å². The molecule has 0 amide bonds. The number of aliphatic carboxylic acids is 1. The summed E-state index contributed by atoms with van der Waals surface area (Å²) in [5.74, 6) is 0.0516. The van der Waals surface area contributed by atoms with Gasteiger partial charge in [0.15, 0.2) is 0 Å². The van der Waals surface area contributed by atoms with Gasteiger partial charge in [-0.15, -0.1) is 0 Å². The number of thioether (sulfide) groups is 1. The van der Waals surface area contributed by atoms with Crippen molar-refractivity contribution in [1.82, 2.24) is 0 Å². The standard InChI is InChI=1S/C11H13ClO2S/c1-8(5-11(13)14)15-7-9-3-2-4-10(12)6-9/h2-4,6,8H,5,7H2,1H3,(H,13,14). The molecule has 0 aliphatic heterocycles. The number of halogens is 1. The van der Waals surface area contributed by atoms with Crippen molar-refractivity contribution >= 4 is 29.3 Å². The highest BCUT2D eigenvalue weighted by Crippen LogP contribution is 2.21. The molecular weight excluding hydrogens is 232 g/mol. The summed E-state index contributed by atoms with van der Waals surface area (Å²) in [5, 5.41) is 9.44. The maximum Gasteiger partial charge on any atom is 0.304 e. The van der Waals surface area contributed by atoms with Crippen molar-refractivity contribution in [2.24, 2.45) is 0 Å². The summed E-state index contributed by atoms with van der Waals surface area (Å²) in [6.45, 7) is 1.92. The summed E-state index contributed by atoms with van der Waals surface area (Å²) < 4.78 is 0. The Balaban J connectivity index is 2.40. The summed E-state index contributed by atoms with van der Waals surface area (Å²) in [5.41, 5.74) is 1.13. The van der Waals surface area contributed by atoms with Crippen LogP contribution >= 0.6 is 23.4 Å². The van der Waals surface area contributed by atoms with Gasteiger partial charge >= 0.3 is 5.97 Å². The van der Waals surface area contributed by atoms with Gasteiger partial charge in [-0.1, -0.05) is 30.7 Å². The van der Waals surface area contributed by atoms with Crippen molar-refractivity contribution in [3.63, 3.8) is 0 Å². The maximum atomic E-state index is 10.4. The lowest BCUT2D eigenvalue weighted by Gasteiger charge is -2.08. The third kappa shape index (κ3) is 5.09. The van der Waals surface area contributed by atoms with Crippen molar-refractivity contribution in [3.05, 3.63) is 34.9 Å². The molecule has 0 saturated heterocycles. The fraction of sp³-hybridized carbons (Fsp3) is 0.364. The predicted molar refractivity (Wildman–Crippen MR) is 64.5 cm³/mol. The van der Waals surface area contributed by atoms with E-state index >= 15 is 0 Å². The van der Waals surface area contributed by atoms with Crippen LogP contribution in [0, 0.1) is 0 Å². The molecule has 0 radical (unpaired) electrons. The third-order valence-corrected chi connectivity index (χ3v) is 3.36. The Morgan fingerprint density at radius 2 is 2.33 bits per heavy atom. The number of carboxylic acids is 1. The van der Waals surface area contributed by atoms with Crippen molar-refractivity contribution in [2.75, 3.05) is 0 Å². The van der Waals surface area contributed by atoms with Gasteiger partial charge in [0, 0.05) is 16.0 Å². The van der Waals surface area contributed by atoms with Crippen LogP contribution in [0.4, 0.5) is 0 Å². The van der Waals surface area contributed by atoms with E-state index in [1.807, 2.05) is 31.2 Å². The first-order valence-corrected chi connectivity index (χ1v) is 6.08. The zero-order valence-electron chi connectivity index (χ0n) is 8.44. The molecule has 0 heterocycles. The molecule has 1 atom stereocenters. The van der Waals surface area contributed by atoms with E-state index in [2.05, 4.69) is 0 Å². The quantitative estimate of drug-likeness (QED) is 0.862. The topological polar surface area (TPSA) is 37.3 Å². The summed E-state index contributed by atoms with van der Waals surface area (Å²) in [6, 6.07) is 7.63. The third-order valence-electron chi connectivity index (χ3n) is 1.89. The molecule has 1 aromatic rings. The fourth-order valence-electron chi connectivity index (χ4n) is 1.17. The first kappa shape index (κ1) is 12.4. The fourth-order valence-corrected chi connectivity index (χ4v) is 2.30. The Morgan fingerprint density at radius 3 is 2.93 bits per heavy atom. The number of carboxylic acid groups (broad SMARTS) is 1. The van der Waals surface area contributed by atoms with E-state index in [0.29, 0.717) is 0 Å². The molecule has 82 valence electrons. The van der Waals surface area contributed by atoms with Gasteiger partial charge in [0.1, 0.15) is 0 Å². The van der Waals surface area contributed by atoms with Crippen LogP contribution in [0.25, 0.3) is 0 Å². The van der Waals surface area contributed by atoms with E-state index in [1.165, 1.54) is 0 Å². The zero-order chi connectivity index (χ0) is 11.3. The molecule has 0 saturated carbocycles. The van der Waals surface area contributed by atoms with E-state index in [0.717, 1.165) is 16.3 Å².